The van der Waals surface area contributed by atoms with Crippen LogP contribution in [0.5, 0.6) is 11.5 Å². The second kappa shape index (κ2) is 15.2. The monoisotopic (exact) mass is 573 g/mol. The molecule has 0 fully saturated rings. The zero-order chi connectivity index (χ0) is 30.7. The third kappa shape index (κ3) is 10.8. The minimum atomic E-state index is -1.62. The lowest BCUT2D eigenvalue weighted by atomic mass is 10.0. The lowest BCUT2D eigenvalue weighted by Gasteiger charge is -2.26. The molecule has 0 heterocycles. The molecule has 2 aromatic rings. The van der Waals surface area contributed by atoms with Gasteiger partial charge in [-0.1, -0.05) is 24.3 Å². The summed E-state index contributed by atoms with van der Waals surface area (Å²) >= 11 is 0. The number of aliphatic carboxylic acids is 1. The first kappa shape index (κ1) is 32.5. The van der Waals surface area contributed by atoms with Crippen molar-refractivity contribution in [3.8, 4) is 11.5 Å². The number of aliphatic hydroxyl groups excluding tert-OH is 1. The van der Waals surface area contributed by atoms with Crippen LogP contribution in [0.2, 0.25) is 0 Å². The van der Waals surface area contributed by atoms with Crippen molar-refractivity contribution >= 4 is 29.6 Å². The van der Waals surface area contributed by atoms with Crippen molar-refractivity contribution in [2.75, 3.05) is 0 Å². The Bertz CT molecular complexity index is 1220. The molecule has 41 heavy (non-hydrogen) atoms. The van der Waals surface area contributed by atoms with Gasteiger partial charge in [-0.25, -0.2) is 4.79 Å². The minimum Gasteiger partial charge on any atom is -0.508 e. The molecular weight excluding hydrogens is 538 g/mol. The Labute approximate surface area is 235 Å². The van der Waals surface area contributed by atoms with Crippen LogP contribution in [-0.4, -0.2) is 80.3 Å². The number of primary amides is 1. The second-order valence-electron chi connectivity index (χ2n) is 9.54. The normalized spacial score (nSPS) is 14.5. The van der Waals surface area contributed by atoms with Gasteiger partial charge in [0.25, 0.3) is 0 Å². The number of nitrogens with one attached hydrogen (secondary N) is 3. The van der Waals surface area contributed by atoms with Crippen molar-refractivity contribution in [3.63, 3.8) is 0 Å². The average Bonchev–Trinajstić information content (AvgIpc) is 2.90. The van der Waals surface area contributed by atoms with Crippen LogP contribution in [0.3, 0.4) is 0 Å². The summed E-state index contributed by atoms with van der Waals surface area (Å²) in [7, 11) is 0. The van der Waals surface area contributed by atoms with Gasteiger partial charge in [-0.2, -0.15) is 0 Å². The molecule has 5 unspecified atom stereocenters. The van der Waals surface area contributed by atoms with Crippen molar-refractivity contribution in [3.05, 3.63) is 59.7 Å². The maximum atomic E-state index is 13.3. The van der Waals surface area contributed by atoms with Crippen molar-refractivity contribution in [1.82, 2.24) is 16.0 Å². The summed E-state index contributed by atoms with van der Waals surface area (Å²) < 4.78 is 0. The predicted molar refractivity (Wildman–Crippen MR) is 145 cm³/mol. The van der Waals surface area contributed by atoms with E-state index in [2.05, 4.69) is 16.0 Å². The number of carbonyl (C=O) groups excluding carboxylic acids is 4. The van der Waals surface area contributed by atoms with Crippen molar-refractivity contribution in [2.24, 2.45) is 11.5 Å². The third-order valence-corrected chi connectivity index (χ3v) is 6.09. The number of carboxylic acid groups (broad SMARTS) is 1. The summed E-state index contributed by atoms with van der Waals surface area (Å²) in [5.41, 5.74) is 12.3. The van der Waals surface area contributed by atoms with Crippen LogP contribution < -0.4 is 27.4 Å². The molecular formula is C27H35N5O9. The molecule has 0 saturated carbocycles. The standard InChI is InChI=1S/C27H35N5O9/c1-14(33)23(26(39)30-20(27(40)41)10-11-22(29)36)32-25(38)21(13-16-4-8-18(35)9-5-16)31-24(37)19(28)12-15-2-6-17(34)7-3-15/h2-9,14,19-21,23,33-35H,10-13,28H2,1H3,(H2,29,36)(H,30,39)(H,31,37)(H,32,38)(H,40,41). The Morgan fingerprint density at radius 2 is 1.24 bits per heavy atom. The quantitative estimate of drug-likeness (QED) is 0.118. The van der Waals surface area contributed by atoms with E-state index in [1.54, 1.807) is 12.1 Å². The van der Waals surface area contributed by atoms with E-state index in [-0.39, 0.29) is 37.2 Å². The number of aliphatic hydroxyl groups is 1. The van der Waals surface area contributed by atoms with Crippen LogP contribution in [0, 0.1) is 0 Å². The van der Waals surface area contributed by atoms with E-state index in [4.69, 9.17) is 11.5 Å². The Balaban J connectivity index is 2.21. The topological polar surface area (TPSA) is 254 Å². The number of hydrogen-bond acceptors (Lipinski definition) is 9. The maximum Gasteiger partial charge on any atom is 0.326 e. The summed E-state index contributed by atoms with van der Waals surface area (Å²) in [4.78, 5) is 61.7. The zero-order valence-corrected chi connectivity index (χ0v) is 22.3. The van der Waals surface area contributed by atoms with E-state index < -0.39 is 59.9 Å². The Morgan fingerprint density at radius 3 is 1.71 bits per heavy atom. The number of aromatic hydroxyl groups is 2. The second-order valence-corrected chi connectivity index (χ2v) is 9.54. The number of rotatable bonds is 15. The number of hydrogen-bond donors (Lipinski definition) is 9. The van der Waals surface area contributed by atoms with Crippen LogP contribution in [0.1, 0.15) is 30.9 Å². The Kier molecular flexibility index (Phi) is 12.0. The molecule has 0 bridgehead atoms. The zero-order valence-electron chi connectivity index (χ0n) is 22.3. The lowest BCUT2D eigenvalue weighted by molar-refractivity contribution is -0.143. The maximum absolute atomic E-state index is 13.3. The van der Waals surface area contributed by atoms with Crippen LogP contribution in [0.4, 0.5) is 0 Å². The van der Waals surface area contributed by atoms with Crippen LogP contribution >= 0.6 is 0 Å². The molecule has 222 valence electrons. The van der Waals surface area contributed by atoms with E-state index >= 15 is 0 Å². The average molecular weight is 574 g/mol. The van der Waals surface area contributed by atoms with Crippen LogP contribution in [0.15, 0.2) is 48.5 Å². The lowest BCUT2D eigenvalue weighted by Crippen LogP contribution is -2.60. The molecule has 5 atom stereocenters. The summed E-state index contributed by atoms with van der Waals surface area (Å²) in [5.74, 6) is -4.83. The van der Waals surface area contributed by atoms with Gasteiger partial charge < -0.3 is 47.8 Å². The summed E-state index contributed by atoms with van der Waals surface area (Å²) in [5, 5.41) is 45.7. The van der Waals surface area contributed by atoms with Crippen molar-refractivity contribution in [1.29, 1.82) is 0 Å². The predicted octanol–water partition coefficient (Wildman–Crippen LogP) is -1.60. The fourth-order valence-electron chi connectivity index (χ4n) is 3.80. The molecule has 2 aromatic carbocycles. The molecule has 11 N–H and O–H groups in total. The molecule has 0 aromatic heterocycles. The number of phenols is 2. The Morgan fingerprint density at radius 1 is 0.756 bits per heavy atom. The van der Waals surface area contributed by atoms with E-state index in [0.29, 0.717) is 11.1 Å². The van der Waals surface area contributed by atoms with Gasteiger partial charge in [-0.15, -0.1) is 0 Å². The number of carbonyl (C=O) groups is 5. The number of carboxylic acids is 1. The first-order chi connectivity index (χ1) is 19.3. The summed E-state index contributed by atoms with van der Waals surface area (Å²) in [6.07, 6.45) is -2.12. The number of amides is 4. The largest absolute Gasteiger partial charge is 0.508 e. The highest BCUT2D eigenvalue weighted by Gasteiger charge is 2.33. The fraction of sp³-hybridized carbons (Fsp3) is 0.370. The molecule has 0 radical (unpaired) electrons. The van der Waals surface area contributed by atoms with Gasteiger partial charge >= 0.3 is 5.97 Å². The van der Waals surface area contributed by atoms with Crippen molar-refractivity contribution in [2.45, 2.75) is 62.9 Å². The fourth-order valence-corrected chi connectivity index (χ4v) is 3.80. The Hall–Kier alpha value is -4.69. The first-order valence-electron chi connectivity index (χ1n) is 12.7. The number of phenolic OH excluding ortho intramolecular Hbond substituents is 2. The van der Waals surface area contributed by atoms with E-state index in [9.17, 15) is 44.4 Å². The molecule has 0 aliphatic rings. The highest BCUT2D eigenvalue weighted by atomic mass is 16.4. The van der Waals surface area contributed by atoms with Gasteiger partial charge in [-0.05, 0) is 55.2 Å². The van der Waals surface area contributed by atoms with Crippen LogP contribution in [0.25, 0.3) is 0 Å². The van der Waals surface area contributed by atoms with E-state index in [0.717, 1.165) is 0 Å². The first-order valence-corrected chi connectivity index (χ1v) is 12.7. The summed E-state index contributed by atoms with van der Waals surface area (Å²) in [6.45, 7) is 1.20. The molecule has 0 aliphatic carbocycles. The molecule has 4 amide bonds. The van der Waals surface area contributed by atoms with Gasteiger partial charge in [0.15, 0.2) is 0 Å². The minimum absolute atomic E-state index is 0.0233. The van der Waals surface area contributed by atoms with Gasteiger partial charge in [-0.3, -0.25) is 19.2 Å². The van der Waals surface area contributed by atoms with E-state index in [1.807, 2.05) is 0 Å². The molecule has 0 aliphatic heterocycles. The SMILES string of the molecule is CC(O)C(NC(=O)C(Cc1ccc(O)cc1)NC(=O)C(N)Cc1ccc(O)cc1)C(=O)NC(CCC(N)=O)C(=O)O. The highest BCUT2D eigenvalue weighted by molar-refractivity contribution is 5.94. The number of nitrogens with two attached hydrogens (primary N) is 2. The molecule has 2 rings (SSSR count). The van der Waals surface area contributed by atoms with Gasteiger partial charge in [0.05, 0.1) is 12.1 Å². The van der Waals surface area contributed by atoms with Crippen molar-refractivity contribution < 1.29 is 44.4 Å². The summed E-state index contributed by atoms with van der Waals surface area (Å²) in [6, 6.07) is 6.33. The van der Waals surface area contributed by atoms with E-state index in [1.165, 1.54) is 43.3 Å². The smallest absolute Gasteiger partial charge is 0.326 e. The van der Waals surface area contributed by atoms with Gasteiger partial charge in [0.1, 0.15) is 29.6 Å². The molecule has 0 spiro atoms. The van der Waals surface area contributed by atoms with Gasteiger partial charge in [0, 0.05) is 12.8 Å². The molecule has 14 nitrogen and oxygen atoms in total. The third-order valence-electron chi connectivity index (χ3n) is 6.09. The van der Waals surface area contributed by atoms with Gasteiger partial charge in [0.2, 0.25) is 23.6 Å². The molecule has 14 heteroatoms. The molecule has 0 saturated heterocycles. The van der Waals surface area contributed by atoms with Crippen LogP contribution in [-0.2, 0) is 36.8 Å². The highest BCUT2D eigenvalue weighted by Crippen LogP contribution is 2.13. The number of benzene rings is 2.